The summed E-state index contributed by atoms with van der Waals surface area (Å²) < 4.78 is 5.09. The number of aromatic nitrogens is 1. The molecule has 0 amide bonds. The highest BCUT2D eigenvalue weighted by Crippen LogP contribution is 2.41. The summed E-state index contributed by atoms with van der Waals surface area (Å²) in [6, 6.07) is 7.76. The van der Waals surface area contributed by atoms with Gasteiger partial charge in [0.1, 0.15) is 5.75 Å². The lowest BCUT2D eigenvalue weighted by atomic mass is 9.79. The van der Waals surface area contributed by atoms with Crippen LogP contribution in [0.2, 0.25) is 0 Å². The van der Waals surface area contributed by atoms with Gasteiger partial charge in [-0.2, -0.15) is 0 Å². The molecule has 130 valence electrons. The van der Waals surface area contributed by atoms with Crippen molar-refractivity contribution in [2.45, 2.75) is 52.4 Å². The number of methoxy groups -OCH3 is 1. The Labute approximate surface area is 144 Å². The van der Waals surface area contributed by atoms with Crippen molar-refractivity contribution in [3.8, 4) is 11.6 Å². The van der Waals surface area contributed by atoms with E-state index in [1.807, 2.05) is 24.3 Å². The van der Waals surface area contributed by atoms with Gasteiger partial charge in [0.15, 0.2) is 0 Å². The van der Waals surface area contributed by atoms with E-state index in [0.29, 0.717) is 11.6 Å². The number of benzene rings is 1. The third-order valence-electron chi connectivity index (χ3n) is 3.96. The topological polar surface area (TPSA) is 54.4 Å². The highest BCUT2D eigenvalue weighted by atomic mass is 16.5. The van der Waals surface area contributed by atoms with Crippen LogP contribution in [0.3, 0.4) is 0 Å². The highest BCUT2D eigenvalue weighted by Gasteiger charge is 2.26. The number of nitrogens with zero attached hydrogens (tertiary/aromatic N) is 1. The summed E-state index contributed by atoms with van der Waals surface area (Å²) >= 11 is 0. The Hall–Kier alpha value is -2.23. The third kappa shape index (κ3) is 3.99. The first-order valence-corrected chi connectivity index (χ1v) is 8.17. The molecule has 1 aromatic carbocycles. The number of ether oxygens (including phenoxy) is 1. The van der Waals surface area contributed by atoms with Crippen molar-refractivity contribution in [2.75, 3.05) is 12.4 Å². The number of phenols is 1. The molecular weight excluding hydrogens is 300 g/mol. The summed E-state index contributed by atoms with van der Waals surface area (Å²) in [5.74, 6) is 0.963. The second-order valence-electron chi connectivity index (χ2n) is 8.13. The molecule has 1 heterocycles. The van der Waals surface area contributed by atoms with Crippen LogP contribution in [0, 0.1) is 0 Å². The second-order valence-corrected chi connectivity index (χ2v) is 8.13. The number of rotatable bonds is 3. The van der Waals surface area contributed by atoms with Gasteiger partial charge >= 0.3 is 0 Å². The molecule has 0 radical (unpaired) electrons. The van der Waals surface area contributed by atoms with E-state index in [-0.39, 0.29) is 10.8 Å². The molecule has 0 spiro atoms. The molecular formula is C20H28N2O2. The van der Waals surface area contributed by atoms with Crippen LogP contribution in [-0.4, -0.2) is 17.2 Å². The zero-order chi connectivity index (χ0) is 18.1. The monoisotopic (exact) mass is 328 g/mol. The number of anilines is 2. The van der Waals surface area contributed by atoms with Crippen molar-refractivity contribution in [1.82, 2.24) is 4.98 Å². The van der Waals surface area contributed by atoms with Gasteiger partial charge in [-0.1, -0.05) is 41.5 Å². The zero-order valence-electron chi connectivity index (χ0n) is 15.7. The maximum absolute atomic E-state index is 10.8. The predicted octanol–water partition coefficient (Wildman–Crippen LogP) is 5.13. The van der Waals surface area contributed by atoms with Crippen molar-refractivity contribution in [3.05, 3.63) is 41.6 Å². The van der Waals surface area contributed by atoms with Crippen LogP contribution in [0.15, 0.2) is 30.5 Å². The lowest BCUT2D eigenvalue weighted by molar-refractivity contribution is 0.398. The van der Waals surface area contributed by atoms with Crippen LogP contribution in [0.4, 0.5) is 11.4 Å². The molecule has 0 saturated heterocycles. The Morgan fingerprint density at radius 3 is 1.83 bits per heavy atom. The molecule has 4 heteroatoms. The maximum Gasteiger partial charge on any atom is 0.213 e. The molecule has 2 N–H and O–H groups in total. The Bertz CT molecular complexity index is 673. The number of pyridine rings is 1. The lowest BCUT2D eigenvalue weighted by Gasteiger charge is -2.28. The van der Waals surface area contributed by atoms with Gasteiger partial charge in [0, 0.05) is 22.9 Å². The quantitative estimate of drug-likeness (QED) is 0.767. The van der Waals surface area contributed by atoms with Gasteiger partial charge in [-0.05, 0) is 29.0 Å². The van der Waals surface area contributed by atoms with Crippen LogP contribution in [-0.2, 0) is 10.8 Å². The SMILES string of the molecule is COc1ccc(Nc2cc(C(C)(C)C)c(O)c(C(C)(C)C)c2)cn1. The fourth-order valence-corrected chi connectivity index (χ4v) is 2.59. The summed E-state index contributed by atoms with van der Waals surface area (Å²) in [4.78, 5) is 4.22. The minimum Gasteiger partial charge on any atom is -0.507 e. The molecule has 0 unspecified atom stereocenters. The lowest BCUT2D eigenvalue weighted by Crippen LogP contribution is -2.17. The Balaban J connectivity index is 2.49. The summed E-state index contributed by atoms with van der Waals surface area (Å²) in [5, 5.41) is 14.1. The van der Waals surface area contributed by atoms with E-state index in [0.717, 1.165) is 22.5 Å². The minimum absolute atomic E-state index is 0.153. The van der Waals surface area contributed by atoms with Crippen molar-refractivity contribution in [2.24, 2.45) is 0 Å². The minimum atomic E-state index is -0.153. The van der Waals surface area contributed by atoms with Crippen LogP contribution in [0.5, 0.6) is 11.6 Å². The first kappa shape index (κ1) is 18.1. The van der Waals surface area contributed by atoms with E-state index in [4.69, 9.17) is 4.74 Å². The van der Waals surface area contributed by atoms with Gasteiger partial charge in [0.05, 0.1) is 19.0 Å². The van der Waals surface area contributed by atoms with E-state index in [1.165, 1.54) is 0 Å². The zero-order valence-corrected chi connectivity index (χ0v) is 15.7. The van der Waals surface area contributed by atoms with Crippen molar-refractivity contribution >= 4 is 11.4 Å². The number of hydrogen-bond acceptors (Lipinski definition) is 4. The molecule has 0 atom stereocenters. The summed E-state index contributed by atoms with van der Waals surface area (Å²) in [6.45, 7) is 12.6. The van der Waals surface area contributed by atoms with Crippen LogP contribution in [0.25, 0.3) is 0 Å². The summed E-state index contributed by atoms with van der Waals surface area (Å²) in [7, 11) is 1.60. The van der Waals surface area contributed by atoms with Gasteiger partial charge in [-0.25, -0.2) is 4.98 Å². The Morgan fingerprint density at radius 2 is 1.46 bits per heavy atom. The van der Waals surface area contributed by atoms with Gasteiger partial charge in [-0.3, -0.25) is 0 Å². The smallest absolute Gasteiger partial charge is 0.213 e. The number of phenolic OH excluding ortho intramolecular Hbond substituents is 1. The first-order valence-electron chi connectivity index (χ1n) is 8.17. The molecule has 4 nitrogen and oxygen atoms in total. The molecule has 2 aromatic rings. The van der Waals surface area contributed by atoms with Gasteiger partial charge in [0.25, 0.3) is 0 Å². The van der Waals surface area contributed by atoms with Crippen LogP contribution < -0.4 is 10.1 Å². The van der Waals surface area contributed by atoms with E-state index in [9.17, 15) is 5.11 Å². The van der Waals surface area contributed by atoms with Gasteiger partial charge < -0.3 is 15.2 Å². The predicted molar refractivity (Wildman–Crippen MR) is 99.6 cm³/mol. The standard InChI is InChI=1S/C20H28N2O2/c1-19(2,3)15-10-14(11-16(18(15)23)20(4,5)6)22-13-8-9-17(24-7)21-12-13/h8-12,22-23H,1-7H3. The second kappa shape index (κ2) is 6.34. The van der Waals surface area contributed by atoms with Crippen molar-refractivity contribution in [3.63, 3.8) is 0 Å². The van der Waals surface area contributed by atoms with Crippen LogP contribution >= 0.6 is 0 Å². The molecule has 0 aliphatic heterocycles. The van der Waals surface area contributed by atoms with Gasteiger partial charge in [0.2, 0.25) is 5.88 Å². The number of hydrogen-bond donors (Lipinski definition) is 2. The van der Waals surface area contributed by atoms with Gasteiger partial charge in [-0.15, -0.1) is 0 Å². The molecule has 24 heavy (non-hydrogen) atoms. The molecule has 1 aromatic heterocycles. The van der Waals surface area contributed by atoms with E-state index >= 15 is 0 Å². The van der Waals surface area contributed by atoms with Crippen molar-refractivity contribution in [1.29, 1.82) is 0 Å². The number of nitrogens with one attached hydrogen (secondary N) is 1. The fraction of sp³-hybridized carbons (Fsp3) is 0.450. The fourth-order valence-electron chi connectivity index (χ4n) is 2.59. The number of aromatic hydroxyl groups is 1. The van der Waals surface area contributed by atoms with E-state index < -0.39 is 0 Å². The molecule has 0 fully saturated rings. The third-order valence-corrected chi connectivity index (χ3v) is 3.96. The largest absolute Gasteiger partial charge is 0.507 e. The molecule has 2 rings (SSSR count). The average molecular weight is 328 g/mol. The highest BCUT2D eigenvalue weighted by molar-refractivity contribution is 5.65. The van der Waals surface area contributed by atoms with E-state index in [2.05, 4.69) is 51.8 Å². The summed E-state index contributed by atoms with van der Waals surface area (Å²) in [6.07, 6.45) is 1.74. The summed E-state index contributed by atoms with van der Waals surface area (Å²) in [5.41, 5.74) is 3.37. The first-order chi connectivity index (χ1) is 11.0. The average Bonchev–Trinajstić information content (AvgIpc) is 2.47. The van der Waals surface area contributed by atoms with Crippen LogP contribution in [0.1, 0.15) is 52.7 Å². The molecule has 0 aliphatic rings. The molecule has 0 saturated carbocycles. The Kier molecular flexibility index (Phi) is 4.79. The maximum atomic E-state index is 10.8. The van der Waals surface area contributed by atoms with E-state index in [1.54, 1.807) is 13.3 Å². The van der Waals surface area contributed by atoms with Crippen molar-refractivity contribution < 1.29 is 9.84 Å². The molecule has 0 bridgehead atoms. The normalized spacial score (nSPS) is 12.1. The Morgan fingerprint density at radius 1 is 0.917 bits per heavy atom. The molecule has 0 aliphatic carbocycles.